The van der Waals surface area contributed by atoms with E-state index in [9.17, 15) is 9.59 Å². The highest BCUT2D eigenvalue weighted by atomic mass is 16.4. The monoisotopic (exact) mass is 131 g/mol. The number of hydrogen-bond acceptors (Lipinski definition) is 3. The van der Waals surface area contributed by atoms with Crippen LogP contribution in [0.4, 0.5) is 0 Å². The van der Waals surface area contributed by atoms with E-state index in [1.54, 1.807) is 0 Å². The summed E-state index contributed by atoms with van der Waals surface area (Å²) in [7, 11) is 0. The first-order valence-electron chi connectivity index (χ1n) is 2.58. The van der Waals surface area contributed by atoms with Crippen LogP contribution in [0, 0.1) is 0 Å². The Hall–Kier alpha value is -0.900. The molecule has 0 radical (unpaired) electrons. The zero-order valence-corrected chi connectivity index (χ0v) is 4.91. The van der Waals surface area contributed by atoms with E-state index in [1.807, 2.05) is 0 Å². The first-order valence-corrected chi connectivity index (χ1v) is 2.58. The number of aliphatic carboxylic acids is 1. The lowest BCUT2D eigenvalue weighted by molar-refractivity contribution is -0.137. The van der Waals surface area contributed by atoms with Crippen molar-refractivity contribution in [2.45, 2.75) is 18.9 Å². The standard InChI is InChI=1S/C5H9NO3/c6-4(1-2-7)3-5(8)9/h2,4H,1,3,6H2,(H,8,9)/t4-/m1/s1. The average Bonchev–Trinajstić information content (AvgIpc) is 1.63. The third-order valence-electron chi connectivity index (χ3n) is 0.836. The smallest absolute Gasteiger partial charge is 0.304 e. The van der Waals surface area contributed by atoms with E-state index in [2.05, 4.69) is 0 Å². The van der Waals surface area contributed by atoms with Gasteiger partial charge >= 0.3 is 5.97 Å². The lowest BCUT2D eigenvalue weighted by atomic mass is 10.2. The summed E-state index contributed by atoms with van der Waals surface area (Å²) in [5.74, 6) is -0.968. The Morgan fingerprint density at radius 2 is 2.33 bits per heavy atom. The van der Waals surface area contributed by atoms with Crippen LogP contribution in [-0.4, -0.2) is 23.4 Å². The third kappa shape index (κ3) is 4.96. The highest BCUT2D eigenvalue weighted by Crippen LogP contribution is 1.90. The molecule has 0 fully saturated rings. The molecule has 0 saturated carbocycles. The van der Waals surface area contributed by atoms with Gasteiger partial charge in [0.1, 0.15) is 6.29 Å². The molecule has 4 nitrogen and oxygen atoms in total. The SMILES string of the molecule is N[C@H](CC=O)CC(=O)O. The van der Waals surface area contributed by atoms with Gasteiger partial charge in [0.2, 0.25) is 0 Å². The van der Waals surface area contributed by atoms with Gasteiger partial charge in [-0.3, -0.25) is 4.79 Å². The minimum Gasteiger partial charge on any atom is -0.481 e. The minimum absolute atomic E-state index is 0.117. The summed E-state index contributed by atoms with van der Waals surface area (Å²) in [4.78, 5) is 19.6. The molecule has 0 aliphatic rings. The van der Waals surface area contributed by atoms with Crippen LogP contribution in [0.5, 0.6) is 0 Å². The Kier molecular flexibility index (Phi) is 3.62. The van der Waals surface area contributed by atoms with Crippen molar-refractivity contribution in [3.63, 3.8) is 0 Å². The molecule has 0 aliphatic carbocycles. The maximum Gasteiger partial charge on any atom is 0.304 e. The van der Waals surface area contributed by atoms with Crippen molar-refractivity contribution < 1.29 is 14.7 Å². The van der Waals surface area contributed by atoms with Gasteiger partial charge in [-0.2, -0.15) is 0 Å². The molecular weight excluding hydrogens is 122 g/mol. The zero-order valence-electron chi connectivity index (χ0n) is 4.91. The first-order chi connectivity index (χ1) is 4.16. The van der Waals surface area contributed by atoms with E-state index in [-0.39, 0.29) is 12.8 Å². The van der Waals surface area contributed by atoms with Crippen LogP contribution in [0.15, 0.2) is 0 Å². The number of carbonyl (C=O) groups excluding carboxylic acids is 1. The largest absolute Gasteiger partial charge is 0.481 e. The van der Waals surface area contributed by atoms with Crippen LogP contribution < -0.4 is 5.73 Å². The molecule has 0 aromatic rings. The molecule has 0 bridgehead atoms. The maximum atomic E-state index is 9.89. The van der Waals surface area contributed by atoms with Crippen LogP contribution in [0.25, 0.3) is 0 Å². The van der Waals surface area contributed by atoms with Gasteiger partial charge in [0.15, 0.2) is 0 Å². The predicted octanol–water partition coefficient (Wildman–Crippen LogP) is -0.623. The summed E-state index contributed by atoms with van der Waals surface area (Å²) in [6.45, 7) is 0. The van der Waals surface area contributed by atoms with E-state index >= 15 is 0 Å². The number of rotatable bonds is 4. The van der Waals surface area contributed by atoms with E-state index in [1.165, 1.54) is 0 Å². The normalized spacial score (nSPS) is 12.6. The fraction of sp³-hybridized carbons (Fsp3) is 0.600. The fourth-order valence-corrected chi connectivity index (χ4v) is 0.431. The van der Waals surface area contributed by atoms with E-state index in [4.69, 9.17) is 10.8 Å². The zero-order chi connectivity index (χ0) is 7.28. The third-order valence-corrected chi connectivity index (χ3v) is 0.836. The second-order valence-corrected chi connectivity index (χ2v) is 1.76. The summed E-state index contributed by atoms with van der Waals surface area (Å²) >= 11 is 0. The lowest BCUT2D eigenvalue weighted by Gasteiger charge is -2.00. The van der Waals surface area contributed by atoms with Crippen LogP contribution in [0.2, 0.25) is 0 Å². The number of carbonyl (C=O) groups is 2. The van der Waals surface area contributed by atoms with Gasteiger partial charge in [-0.05, 0) is 0 Å². The molecule has 52 valence electrons. The van der Waals surface area contributed by atoms with Crippen molar-refractivity contribution in [1.29, 1.82) is 0 Å². The molecule has 0 unspecified atom stereocenters. The minimum atomic E-state index is -0.968. The molecule has 0 aromatic carbocycles. The predicted molar refractivity (Wildman–Crippen MR) is 30.9 cm³/mol. The van der Waals surface area contributed by atoms with Crippen LogP contribution in [-0.2, 0) is 9.59 Å². The van der Waals surface area contributed by atoms with Gasteiger partial charge < -0.3 is 15.6 Å². The van der Waals surface area contributed by atoms with Crippen molar-refractivity contribution in [2.75, 3.05) is 0 Å². The molecule has 3 N–H and O–H groups in total. The molecule has 0 saturated heterocycles. The Balaban J connectivity index is 3.37. The van der Waals surface area contributed by atoms with Crippen molar-refractivity contribution in [3.05, 3.63) is 0 Å². The van der Waals surface area contributed by atoms with Crippen molar-refractivity contribution in [3.8, 4) is 0 Å². The first kappa shape index (κ1) is 8.10. The van der Waals surface area contributed by atoms with Crippen molar-refractivity contribution in [1.82, 2.24) is 0 Å². The number of nitrogens with two attached hydrogens (primary N) is 1. The molecule has 4 heteroatoms. The Bertz CT molecular complexity index is 113. The highest BCUT2D eigenvalue weighted by Gasteiger charge is 2.05. The number of carboxylic acids is 1. The molecule has 9 heavy (non-hydrogen) atoms. The second-order valence-electron chi connectivity index (χ2n) is 1.76. The summed E-state index contributed by atoms with van der Waals surface area (Å²) < 4.78 is 0. The van der Waals surface area contributed by atoms with Crippen LogP contribution in [0.3, 0.4) is 0 Å². The van der Waals surface area contributed by atoms with Gasteiger partial charge in [0, 0.05) is 12.5 Å². The van der Waals surface area contributed by atoms with Crippen LogP contribution >= 0.6 is 0 Å². The van der Waals surface area contributed by atoms with E-state index in [0.717, 1.165) is 0 Å². The lowest BCUT2D eigenvalue weighted by Crippen LogP contribution is -2.23. The van der Waals surface area contributed by atoms with E-state index < -0.39 is 12.0 Å². The molecule has 0 spiro atoms. The van der Waals surface area contributed by atoms with Crippen LogP contribution in [0.1, 0.15) is 12.8 Å². The Labute approximate surface area is 52.7 Å². The van der Waals surface area contributed by atoms with Crippen molar-refractivity contribution >= 4 is 12.3 Å². The molecule has 0 rings (SSSR count). The van der Waals surface area contributed by atoms with Gasteiger partial charge in [0.05, 0.1) is 6.42 Å². The highest BCUT2D eigenvalue weighted by molar-refractivity contribution is 5.68. The maximum absolute atomic E-state index is 9.89. The quantitative estimate of drug-likeness (QED) is 0.498. The summed E-state index contributed by atoms with van der Waals surface area (Å²) in [5.41, 5.74) is 5.17. The molecule has 0 amide bonds. The molecule has 0 aliphatic heterocycles. The van der Waals surface area contributed by atoms with Gasteiger partial charge in [-0.15, -0.1) is 0 Å². The molecule has 0 aromatic heterocycles. The van der Waals surface area contributed by atoms with Gasteiger partial charge in [0.25, 0.3) is 0 Å². The summed E-state index contributed by atoms with van der Waals surface area (Å²) in [6.07, 6.45) is 0.596. The topological polar surface area (TPSA) is 80.4 Å². The number of carboxylic acid groups (broad SMARTS) is 1. The van der Waals surface area contributed by atoms with Gasteiger partial charge in [-0.1, -0.05) is 0 Å². The Morgan fingerprint density at radius 3 is 2.67 bits per heavy atom. The fourth-order valence-electron chi connectivity index (χ4n) is 0.431. The molecule has 0 heterocycles. The Morgan fingerprint density at radius 1 is 1.78 bits per heavy atom. The molecule has 1 atom stereocenters. The summed E-state index contributed by atoms with van der Waals surface area (Å²) in [6, 6.07) is -0.528. The summed E-state index contributed by atoms with van der Waals surface area (Å²) in [5, 5.41) is 8.11. The van der Waals surface area contributed by atoms with E-state index in [0.29, 0.717) is 6.29 Å². The van der Waals surface area contributed by atoms with Crippen molar-refractivity contribution in [2.24, 2.45) is 5.73 Å². The molecular formula is C5H9NO3. The number of aldehydes is 1. The van der Waals surface area contributed by atoms with Gasteiger partial charge in [-0.25, -0.2) is 0 Å². The number of hydrogen-bond donors (Lipinski definition) is 2. The average molecular weight is 131 g/mol. The second kappa shape index (κ2) is 4.03.